The van der Waals surface area contributed by atoms with Gasteiger partial charge in [-0.1, -0.05) is 58.1 Å². The van der Waals surface area contributed by atoms with Gasteiger partial charge in [0.05, 0.1) is 12.1 Å². The van der Waals surface area contributed by atoms with E-state index < -0.39 is 18.2 Å². The van der Waals surface area contributed by atoms with Crippen LogP contribution in [0.4, 0.5) is 18.0 Å². The van der Waals surface area contributed by atoms with E-state index in [0.717, 1.165) is 5.56 Å². The number of hydrogen-bond donors (Lipinski definition) is 1. The first kappa shape index (κ1) is 19.7. The van der Waals surface area contributed by atoms with E-state index >= 15 is 0 Å². The molecule has 8 heteroatoms. The van der Waals surface area contributed by atoms with Gasteiger partial charge in [0.15, 0.2) is 0 Å². The molecule has 2 rings (SSSR count). The molecular weight excluding hydrogens is 415 g/mol. The number of halogens is 4. The zero-order valence-electron chi connectivity index (χ0n) is 13.3. The maximum absolute atomic E-state index is 12.4. The average molecular weight is 428 g/mol. The molecule has 0 atom stereocenters. The largest absolute Gasteiger partial charge is 0.573 e. The maximum Gasteiger partial charge on any atom is 0.573 e. The number of carbonyl (C=O) groups excluding carboxylic acids is 1. The molecule has 0 fully saturated rings. The van der Waals surface area contributed by atoms with Gasteiger partial charge < -0.3 is 14.8 Å². The zero-order chi connectivity index (χ0) is 19.0. The van der Waals surface area contributed by atoms with Crippen LogP contribution in [0.3, 0.4) is 0 Å². The van der Waals surface area contributed by atoms with E-state index in [0.29, 0.717) is 4.47 Å². The van der Waals surface area contributed by atoms with Crippen molar-refractivity contribution in [3.8, 4) is 17.6 Å². The fraction of sp³-hybridized carbons (Fsp3) is 0.167. The van der Waals surface area contributed by atoms with Gasteiger partial charge in [0, 0.05) is 4.47 Å². The molecule has 26 heavy (non-hydrogen) atoms. The van der Waals surface area contributed by atoms with Crippen molar-refractivity contribution in [3.05, 3.63) is 64.1 Å². The summed E-state index contributed by atoms with van der Waals surface area (Å²) >= 11 is 3.07. The predicted molar refractivity (Wildman–Crippen MR) is 92.3 cm³/mol. The van der Waals surface area contributed by atoms with Gasteiger partial charge in [0.2, 0.25) is 0 Å². The molecule has 0 aromatic heterocycles. The SMILES string of the molecule is O=C(NCC#Cc1ccc(Br)cc1OC(F)(F)F)OCc1ccccc1. The number of nitrogens with one attached hydrogen (secondary N) is 1. The maximum atomic E-state index is 12.4. The summed E-state index contributed by atoms with van der Waals surface area (Å²) in [5, 5.41) is 2.40. The number of alkyl halides is 3. The highest BCUT2D eigenvalue weighted by atomic mass is 79.9. The van der Waals surface area contributed by atoms with Crippen molar-refractivity contribution in [2.24, 2.45) is 0 Å². The highest BCUT2D eigenvalue weighted by molar-refractivity contribution is 9.10. The summed E-state index contributed by atoms with van der Waals surface area (Å²) in [5.74, 6) is 4.65. The first-order valence-electron chi connectivity index (χ1n) is 7.32. The number of carbonyl (C=O) groups is 1. The first-order valence-corrected chi connectivity index (χ1v) is 8.11. The van der Waals surface area contributed by atoms with Crippen LogP contribution < -0.4 is 10.1 Å². The number of alkyl carbamates (subject to hydrolysis) is 1. The Hall–Kier alpha value is -2.66. The van der Waals surface area contributed by atoms with Crippen LogP contribution in [0.5, 0.6) is 5.75 Å². The van der Waals surface area contributed by atoms with E-state index in [-0.39, 0.29) is 18.7 Å². The van der Waals surface area contributed by atoms with E-state index in [4.69, 9.17) is 4.74 Å². The second-order valence-electron chi connectivity index (χ2n) is 4.91. The summed E-state index contributed by atoms with van der Waals surface area (Å²) in [4.78, 5) is 11.5. The van der Waals surface area contributed by atoms with Gasteiger partial charge in [-0.2, -0.15) is 0 Å². The lowest BCUT2D eigenvalue weighted by Crippen LogP contribution is -2.24. The van der Waals surface area contributed by atoms with Gasteiger partial charge >= 0.3 is 12.5 Å². The van der Waals surface area contributed by atoms with Crippen LogP contribution in [0.2, 0.25) is 0 Å². The Morgan fingerprint density at radius 2 is 1.88 bits per heavy atom. The smallest absolute Gasteiger partial charge is 0.445 e. The minimum atomic E-state index is -4.82. The third kappa shape index (κ3) is 7.07. The van der Waals surface area contributed by atoms with Gasteiger partial charge in [0.25, 0.3) is 0 Å². The van der Waals surface area contributed by atoms with Gasteiger partial charge in [-0.3, -0.25) is 0 Å². The Labute approximate surface area is 156 Å². The molecule has 0 aliphatic rings. The molecule has 0 unspecified atom stereocenters. The van der Waals surface area contributed by atoms with Crippen molar-refractivity contribution in [2.75, 3.05) is 6.54 Å². The van der Waals surface area contributed by atoms with E-state index in [2.05, 4.69) is 37.8 Å². The van der Waals surface area contributed by atoms with Gasteiger partial charge in [-0.25, -0.2) is 4.79 Å². The van der Waals surface area contributed by atoms with E-state index in [1.165, 1.54) is 18.2 Å². The van der Waals surface area contributed by atoms with Crippen LogP contribution in [-0.2, 0) is 11.3 Å². The van der Waals surface area contributed by atoms with Gasteiger partial charge in [-0.05, 0) is 23.8 Å². The van der Waals surface area contributed by atoms with Crippen molar-refractivity contribution >= 4 is 22.0 Å². The third-order valence-electron chi connectivity index (χ3n) is 2.93. The molecule has 0 spiro atoms. The number of hydrogen-bond acceptors (Lipinski definition) is 3. The molecule has 136 valence electrons. The van der Waals surface area contributed by atoms with Crippen molar-refractivity contribution in [1.82, 2.24) is 5.32 Å². The van der Waals surface area contributed by atoms with Crippen LogP contribution >= 0.6 is 15.9 Å². The molecular formula is C18H13BrF3NO3. The van der Waals surface area contributed by atoms with Crippen LogP contribution in [-0.4, -0.2) is 19.0 Å². The number of ether oxygens (including phenoxy) is 2. The summed E-state index contributed by atoms with van der Waals surface area (Å²) in [6.45, 7) is 0.0194. The molecule has 0 aliphatic heterocycles. The molecule has 0 bridgehead atoms. The summed E-state index contributed by atoms with van der Waals surface area (Å²) in [6, 6.07) is 13.2. The lowest BCUT2D eigenvalue weighted by atomic mass is 10.2. The van der Waals surface area contributed by atoms with Gasteiger partial charge in [0.1, 0.15) is 12.4 Å². The molecule has 0 aliphatic carbocycles. The van der Waals surface area contributed by atoms with E-state index in [1.54, 1.807) is 0 Å². The fourth-order valence-electron chi connectivity index (χ4n) is 1.84. The Morgan fingerprint density at radius 1 is 1.15 bits per heavy atom. The normalized spacial score (nSPS) is 10.5. The minimum absolute atomic E-state index is 0.0463. The van der Waals surface area contributed by atoms with Crippen LogP contribution in [0, 0.1) is 11.8 Å². The monoisotopic (exact) mass is 427 g/mol. The van der Waals surface area contributed by atoms with Gasteiger partial charge in [-0.15, -0.1) is 13.2 Å². The standard InChI is InChI=1S/C18H13BrF3NO3/c19-15-9-8-14(16(11-15)26-18(20,21)22)7-4-10-23-17(24)25-12-13-5-2-1-3-6-13/h1-3,5-6,8-9,11H,10,12H2,(H,23,24). The lowest BCUT2D eigenvalue weighted by Gasteiger charge is -2.10. The summed E-state index contributed by atoms with van der Waals surface area (Å²) in [5.41, 5.74) is 0.877. The molecule has 0 heterocycles. The zero-order valence-corrected chi connectivity index (χ0v) is 14.9. The summed E-state index contributed by atoms with van der Waals surface area (Å²) in [7, 11) is 0. The number of benzene rings is 2. The number of amides is 1. The predicted octanol–water partition coefficient (Wildman–Crippen LogP) is 4.63. The number of rotatable bonds is 4. The van der Waals surface area contributed by atoms with E-state index in [1.807, 2.05) is 30.3 Å². The summed E-state index contributed by atoms with van der Waals surface area (Å²) in [6.07, 6.45) is -5.50. The van der Waals surface area contributed by atoms with Crippen LogP contribution in [0.1, 0.15) is 11.1 Å². The minimum Gasteiger partial charge on any atom is -0.445 e. The summed E-state index contributed by atoms with van der Waals surface area (Å²) < 4.78 is 46.6. The van der Waals surface area contributed by atoms with Crippen LogP contribution in [0.15, 0.2) is 53.0 Å². The molecule has 2 aromatic rings. The lowest BCUT2D eigenvalue weighted by molar-refractivity contribution is -0.274. The molecule has 1 N–H and O–H groups in total. The molecule has 0 radical (unpaired) electrons. The van der Waals surface area contributed by atoms with Crippen LogP contribution in [0.25, 0.3) is 0 Å². The molecule has 1 amide bonds. The van der Waals surface area contributed by atoms with Crippen molar-refractivity contribution in [3.63, 3.8) is 0 Å². The first-order chi connectivity index (χ1) is 12.3. The van der Waals surface area contributed by atoms with Crippen molar-refractivity contribution < 1.29 is 27.4 Å². The average Bonchev–Trinajstić information content (AvgIpc) is 2.58. The fourth-order valence-corrected chi connectivity index (χ4v) is 2.18. The van der Waals surface area contributed by atoms with E-state index in [9.17, 15) is 18.0 Å². The Morgan fingerprint density at radius 3 is 2.58 bits per heavy atom. The molecule has 0 saturated carbocycles. The quantitative estimate of drug-likeness (QED) is 0.723. The third-order valence-corrected chi connectivity index (χ3v) is 3.42. The highest BCUT2D eigenvalue weighted by Crippen LogP contribution is 2.28. The molecule has 2 aromatic carbocycles. The van der Waals surface area contributed by atoms with Crippen molar-refractivity contribution in [2.45, 2.75) is 13.0 Å². The molecule has 4 nitrogen and oxygen atoms in total. The Balaban J connectivity index is 1.88. The Kier molecular flexibility index (Phi) is 6.92. The molecule has 0 saturated heterocycles. The topological polar surface area (TPSA) is 47.6 Å². The van der Waals surface area contributed by atoms with Crippen molar-refractivity contribution in [1.29, 1.82) is 0 Å². The highest BCUT2D eigenvalue weighted by Gasteiger charge is 2.32. The second-order valence-corrected chi connectivity index (χ2v) is 5.82. The second kappa shape index (κ2) is 9.15. The Bertz CT molecular complexity index is 814.